The topological polar surface area (TPSA) is 97.3 Å². The molecule has 34 heavy (non-hydrogen) atoms. The normalized spacial score (nSPS) is 14.5. The van der Waals surface area contributed by atoms with Gasteiger partial charge in [0.1, 0.15) is 29.9 Å². The van der Waals surface area contributed by atoms with Crippen molar-refractivity contribution in [3.05, 3.63) is 83.4 Å². The number of rotatable bonds is 8. The molecule has 1 aromatic heterocycles. The molecule has 0 bridgehead atoms. The third-order valence-corrected chi connectivity index (χ3v) is 5.52. The summed E-state index contributed by atoms with van der Waals surface area (Å²) in [7, 11) is 0. The van der Waals surface area contributed by atoms with Gasteiger partial charge in [-0.05, 0) is 37.3 Å². The van der Waals surface area contributed by atoms with Crippen molar-refractivity contribution in [3.8, 4) is 0 Å². The summed E-state index contributed by atoms with van der Waals surface area (Å²) >= 11 is 0. The van der Waals surface area contributed by atoms with Gasteiger partial charge in [-0.3, -0.25) is 4.79 Å². The standard InChI is InChI=1S/C22H22F5N5O2/c1-14(32(9-8-28)20(33)15-2-4-16(5-3-15)22(25,26)27)21(34,11-31-13-29-12-30-31)18-7-6-17(23)10-19(18)24/h2-7,10,12-14,34H,8-9,11,28H2,1H3/t14-,21-/m1/s1. The average Bonchev–Trinajstić information content (AvgIpc) is 3.28. The molecule has 0 unspecified atom stereocenters. The van der Waals surface area contributed by atoms with E-state index in [1.807, 2.05) is 0 Å². The third kappa shape index (κ3) is 5.23. The molecule has 0 fully saturated rings. The van der Waals surface area contributed by atoms with Crippen molar-refractivity contribution < 1.29 is 31.9 Å². The number of carbonyl (C=O) groups excluding carboxylic acids is 1. The quantitative estimate of drug-likeness (QED) is 0.481. The first kappa shape index (κ1) is 25.2. The zero-order chi connectivity index (χ0) is 25.1. The smallest absolute Gasteiger partial charge is 0.381 e. The Morgan fingerprint density at radius 2 is 1.85 bits per heavy atom. The maximum atomic E-state index is 14.8. The van der Waals surface area contributed by atoms with Gasteiger partial charge in [0.15, 0.2) is 0 Å². The van der Waals surface area contributed by atoms with Crippen molar-refractivity contribution in [2.24, 2.45) is 5.73 Å². The minimum Gasteiger partial charge on any atom is -0.381 e. The van der Waals surface area contributed by atoms with E-state index in [0.29, 0.717) is 6.07 Å². The van der Waals surface area contributed by atoms with Gasteiger partial charge in [-0.2, -0.15) is 18.3 Å². The molecule has 182 valence electrons. The van der Waals surface area contributed by atoms with Crippen LogP contribution in [0, 0.1) is 11.6 Å². The minimum atomic E-state index is -4.58. The molecule has 0 aliphatic heterocycles. The van der Waals surface area contributed by atoms with Crippen LogP contribution in [0.2, 0.25) is 0 Å². The van der Waals surface area contributed by atoms with E-state index in [0.717, 1.165) is 41.3 Å². The fourth-order valence-corrected chi connectivity index (χ4v) is 3.68. The lowest BCUT2D eigenvalue weighted by molar-refractivity contribution is -0.137. The van der Waals surface area contributed by atoms with E-state index in [2.05, 4.69) is 10.1 Å². The van der Waals surface area contributed by atoms with Gasteiger partial charge in [-0.25, -0.2) is 18.4 Å². The summed E-state index contributed by atoms with van der Waals surface area (Å²) in [6.45, 7) is 0.904. The fourth-order valence-electron chi connectivity index (χ4n) is 3.68. The Morgan fingerprint density at radius 1 is 1.18 bits per heavy atom. The Balaban J connectivity index is 2.03. The maximum absolute atomic E-state index is 14.8. The number of aromatic nitrogens is 3. The number of amides is 1. The van der Waals surface area contributed by atoms with E-state index in [4.69, 9.17) is 5.73 Å². The lowest BCUT2D eigenvalue weighted by Gasteiger charge is -2.41. The van der Waals surface area contributed by atoms with Gasteiger partial charge in [0, 0.05) is 30.3 Å². The van der Waals surface area contributed by atoms with Gasteiger partial charge in [0.25, 0.3) is 5.91 Å². The van der Waals surface area contributed by atoms with Gasteiger partial charge in [-0.1, -0.05) is 6.07 Å². The number of benzene rings is 2. The van der Waals surface area contributed by atoms with Crippen LogP contribution >= 0.6 is 0 Å². The fraction of sp³-hybridized carbons (Fsp3) is 0.318. The molecule has 1 amide bonds. The van der Waals surface area contributed by atoms with Crippen molar-refractivity contribution in [1.82, 2.24) is 19.7 Å². The Labute approximate surface area is 191 Å². The van der Waals surface area contributed by atoms with Gasteiger partial charge >= 0.3 is 6.18 Å². The first-order chi connectivity index (χ1) is 16.0. The summed E-state index contributed by atoms with van der Waals surface area (Å²) in [5.41, 5.74) is 2.19. The largest absolute Gasteiger partial charge is 0.416 e. The van der Waals surface area contributed by atoms with Gasteiger partial charge in [0.2, 0.25) is 0 Å². The van der Waals surface area contributed by atoms with E-state index in [1.165, 1.54) is 24.3 Å². The highest BCUT2D eigenvalue weighted by atomic mass is 19.4. The molecular formula is C22H22F5N5O2. The summed E-state index contributed by atoms with van der Waals surface area (Å²) < 4.78 is 68.2. The van der Waals surface area contributed by atoms with Crippen LogP contribution in [0.25, 0.3) is 0 Å². The third-order valence-electron chi connectivity index (χ3n) is 5.52. The number of alkyl halides is 3. The molecule has 0 saturated carbocycles. The number of hydrogen-bond acceptors (Lipinski definition) is 5. The lowest BCUT2D eigenvalue weighted by atomic mass is 9.85. The van der Waals surface area contributed by atoms with Crippen LogP contribution in [0.4, 0.5) is 22.0 Å². The van der Waals surface area contributed by atoms with Crippen LogP contribution in [-0.2, 0) is 18.3 Å². The van der Waals surface area contributed by atoms with E-state index >= 15 is 0 Å². The predicted molar refractivity (Wildman–Crippen MR) is 111 cm³/mol. The minimum absolute atomic E-state index is 0.0536. The maximum Gasteiger partial charge on any atom is 0.416 e. The SMILES string of the molecule is C[C@@H](N(CCN)C(=O)c1ccc(C(F)(F)F)cc1)[C@](O)(Cn1cncn1)c1ccc(F)cc1F. The molecule has 0 aliphatic rings. The van der Waals surface area contributed by atoms with Crippen molar-refractivity contribution in [3.63, 3.8) is 0 Å². The van der Waals surface area contributed by atoms with Gasteiger partial charge in [-0.15, -0.1) is 0 Å². The molecule has 1 heterocycles. The lowest BCUT2D eigenvalue weighted by Crippen LogP contribution is -2.55. The van der Waals surface area contributed by atoms with Crippen LogP contribution in [0.5, 0.6) is 0 Å². The highest BCUT2D eigenvalue weighted by Gasteiger charge is 2.43. The molecule has 0 aliphatic carbocycles. The molecule has 0 radical (unpaired) electrons. The van der Waals surface area contributed by atoms with Gasteiger partial charge < -0.3 is 15.7 Å². The van der Waals surface area contributed by atoms with Crippen LogP contribution in [-0.4, -0.2) is 49.8 Å². The second kappa shape index (κ2) is 9.85. The second-order valence-electron chi connectivity index (χ2n) is 7.68. The summed E-state index contributed by atoms with van der Waals surface area (Å²) in [5.74, 6) is -2.65. The number of nitrogens with zero attached hydrogens (tertiary/aromatic N) is 4. The molecule has 7 nitrogen and oxygen atoms in total. The van der Waals surface area contributed by atoms with Crippen molar-refractivity contribution >= 4 is 5.91 Å². The molecule has 12 heteroatoms. The van der Waals surface area contributed by atoms with Crippen molar-refractivity contribution in [2.45, 2.75) is 31.3 Å². The molecule has 2 atom stereocenters. The summed E-state index contributed by atoms with van der Waals surface area (Å²) in [6.07, 6.45) is -2.12. The summed E-state index contributed by atoms with van der Waals surface area (Å²) in [4.78, 5) is 18.2. The Hall–Kier alpha value is -3.38. The molecule has 0 saturated heterocycles. The van der Waals surface area contributed by atoms with E-state index in [1.54, 1.807) is 0 Å². The number of aliphatic hydroxyl groups is 1. The number of halogens is 5. The predicted octanol–water partition coefficient (Wildman–Crippen LogP) is 2.95. The van der Waals surface area contributed by atoms with E-state index in [9.17, 15) is 31.9 Å². The Kier molecular flexibility index (Phi) is 7.32. The van der Waals surface area contributed by atoms with Gasteiger partial charge in [0.05, 0.1) is 18.2 Å². The number of nitrogens with two attached hydrogens (primary N) is 1. The second-order valence-corrected chi connectivity index (χ2v) is 7.68. The zero-order valence-corrected chi connectivity index (χ0v) is 18.0. The molecule has 2 aromatic carbocycles. The number of hydrogen-bond donors (Lipinski definition) is 2. The zero-order valence-electron chi connectivity index (χ0n) is 18.0. The molecule has 0 spiro atoms. The first-order valence-electron chi connectivity index (χ1n) is 10.2. The van der Waals surface area contributed by atoms with Crippen molar-refractivity contribution in [2.75, 3.05) is 13.1 Å². The first-order valence-corrected chi connectivity index (χ1v) is 10.2. The van der Waals surface area contributed by atoms with E-state index in [-0.39, 0.29) is 30.8 Å². The molecule has 3 rings (SSSR count). The van der Waals surface area contributed by atoms with Crippen molar-refractivity contribution in [1.29, 1.82) is 0 Å². The summed E-state index contributed by atoms with van der Waals surface area (Å²) in [5, 5.41) is 15.6. The van der Waals surface area contributed by atoms with Crippen LogP contribution in [0.3, 0.4) is 0 Å². The highest BCUT2D eigenvalue weighted by Crippen LogP contribution is 2.34. The molecular weight excluding hydrogens is 461 g/mol. The summed E-state index contributed by atoms with van der Waals surface area (Å²) in [6, 6.07) is 4.99. The highest BCUT2D eigenvalue weighted by molar-refractivity contribution is 5.94. The number of carbonyl (C=O) groups is 1. The van der Waals surface area contributed by atoms with Crippen LogP contribution < -0.4 is 5.73 Å². The average molecular weight is 483 g/mol. The monoisotopic (exact) mass is 483 g/mol. The van der Waals surface area contributed by atoms with Crippen LogP contribution in [0.1, 0.15) is 28.4 Å². The van der Waals surface area contributed by atoms with E-state index < -0.39 is 40.9 Å². The Morgan fingerprint density at radius 3 is 2.38 bits per heavy atom. The molecule has 3 aromatic rings. The Bertz CT molecular complexity index is 1120. The molecule has 3 N–H and O–H groups in total. The van der Waals surface area contributed by atoms with Crippen LogP contribution in [0.15, 0.2) is 55.1 Å².